The van der Waals surface area contributed by atoms with Gasteiger partial charge < -0.3 is 15.0 Å². The molecule has 4 aromatic rings. The van der Waals surface area contributed by atoms with E-state index < -0.39 is 23.6 Å². The van der Waals surface area contributed by atoms with Crippen LogP contribution in [-0.2, 0) is 11.0 Å². The van der Waals surface area contributed by atoms with E-state index in [1.807, 2.05) is 44.2 Å². The summed E-state index contributed by atoms with van der Waals surface area (Å²) in [6.07, 6.45) is -4.51. The average Bonchev–Trinajstić information content (AvgIpc) is 3.35. The van der Waals surface area contributed by atoms with Gasteiger partial charge in [0.05, 0.1) is 24.1 Å². The number of hydrogen-bond donors (Lipinski definition) is 1. The zero-order chi connectivity index (χ0) is 28.9. The van der Waals surface area contributed by atoms with E-state index in [1.54, 1.807) is 42.1 Å². The molecule has 1 aromatic heterocycles. The van der Waals surface area contributed by atoms with E-state index in [0.29, 0.717) is 22.9 Å². The Morgan fingerprint density at radius 3 is 2.20 bits per heavy atom. The molecule has 0 fully saturated rings. The van der Waals surface area contributed by atoms with Crippen LogP contribution in [0.5, 0.6) is 5.75 Å². The van der Waals surface area contributed by atoms with Gasteiger partial charge in [-0.05, 0) is 54.4 Å². The second-order valence-electron chi connectivity index (χ2n) is 9.59. The monoisotopic (exact) mass is 550 g/mol. The number of anilines is 1. The van der Waals surface area contributed by atoms with Crippen molar-refractivity contribution < 1.29 is 27.5 Å². The molecule has 1 N–H and O–H groups in total. The fraction of sp³-hybridized carbons (Fsp3) is 0.233. The van der Waals surface area contributed by atoms with Crippen LogP contribution in [0.15, 0.2) is 84.9 Å². The number of halogens is 3. The third-order valence-electron chi connectivity index (χ3n) is 6.03. The molecule has 0 aliphatic carbocycles. The Morgan fingerprint density at radius 2 is 1.62 bits per heavy atom. The van der Waals surface area contributed by atoms with Gasteiger partial charge in [0, 0.05) is 23.7 Å². The SMILES string of the molecule is COc1ccc(-n2nc(-c3ccccc3)cc2NC(=O)CN(CC(C)C)C(=O)c2ccc(C(F)(F)F)cc2)cc1. The topological polar surface area (TPSA) is 76.5 Å². The van der Waals surface area contributed by atoms with E-state index in [4.69, 9.17) is 4.74 Å². The summed E-state index contributed by atoms with van der Waals surface area (Å²) in [6, 6.07) is 22.3. The highest BCUT2D eigenvalue weighted by molar-refractivity contribution is 5.99. The van der Waals surface area contributed by atoms with E-state index in [1.165, 1.54) is 4.90 Å². The lowest BCUT2D eigenvalue weighted by Crippen LogP contribution is -2.40. The normalized spacial score (nSPS) is 11.4. The molecular weight excluding hydrogens is 521 g/mol. The Hall–Kier alpha value is -4.60. The average molecular weight is 551 g/mol. The Kier molecular flexibility index (Phi) is 8.57. The first-order chi connectivity index (χ1) is 19.0. The van der Waals surface area contributed by atoms with Crippen molar-refractivity contribution in [1.82, 2.24) is 14.7 Å². The number of aromatic nitrogens is 2. The summed E-state index contributed by atoms with van der Waals surface area (Å²) in [6.45, 7) is 3.71. The van der Waals surface area contributed by atoms with Gasteiger partial charge in [-0.2, -0.15) is 18.3 Å². The number of ether oxygens (including phenoxy) is 1. The van der Waals surface area contributed by atoms with Crippen LogP contribution >= 0.6 is 0 Å². The van der Waals surface area contributed by atoms with Crippen molar-refractivity contribution in [1.29, 1.82) is 0 Å². The Balaban J connectivity index is 1.59. The largest absolute Gasteiger partial charge is 0.497 e. The molecule has 0 saturated heterocycles. The van der Waals surface area contributed by atoms with E-state index in [-0.39, 0.29) is 24.6 Å². The van der Waals surface area contributed by atoms with Crippen molar-refractivity contribution in [2.24, 2.45) is 5.92 Å². The molecule has 0 bridgehead atoms. The molecule has 0 aliphatic heterocycles. The molecule has 2 amide bonds. The highest BCUT2D eigenvalue weighted by Gasteiger charge is 2.30. The molecule has 7 nitrogen and oxygen atoms in total. The fourth-order valence-electron chi connectivity index (χ4n) is 4.14. The van der Waals surface area contributed by atoms with Gasteiger partial charge in [0.15, 0.2) is 0 Å². The van der Waals surface area contributed by atoms with E-state index in [2.05, 4.69) is 10.4 Å². The number of hydrogen-bond acceptors (Lipinski definition) is 4. The second kappa shape index (κ2) is 12.1. The zero-order valence-corrected chi connectivity index (χ0v) is 22.3. The Morgan fingerprint density at radius 1 is 0.975 bits per heavy atom. The zero-order valence-electron chi connectivity index (χ0n) is 22.3. The molecule has 40 heavy (non-hydrogen) atoms. The van der Waals surface area contributed by atoms with Gasteiger partial charge in [0.2, 0.25) is 5.91 Å². The third kappa shape index (κ3) is 6.88. The number of benzene rings is 3. The molecule has 10 heteroatoms. The molecule has 208 valence electrons. The summed E-state index contributed by atoms with van der Waals surface area (Å²) in [7, 11) is 1.57. The lowest BCUT2D eigenvalue weighted by molar-refractivity contribution is -0.137. The quantitative estimate of drug-likeness (QED) is 0.265. The number of nitrogens with zero attached hydrogens (tertiary/aromatic N) is 3. The minimum absolute atomic E-state index is 0.0145. The summed E-state index contributed by atoms with van der Waals surface area (Å²) in [5.41, 5.74) is 1.38. The van der Waals surface area contributed by atoms with Gasteiger partial charge >= 0.3 is 6.18 Å². The van der Waals surface area contributed by atoms with Crippen molar-refractivity contribution in [3.05, 3.63) is 96.1 Å². The third-order valence-corrected chi connectivity index (χ3v) is 6.03. The van der Waals surface area contributed by atoms with Crippen LogP contribution in [-0.4, -0.2) is 46.7 Å². The van der Waals surface area contributed by atoms with Crippen LogP contribution in [0, 0.1) is 5.92 Å². The van der Waals surface area contributed by atoms with E-state index in [9.17, 15) is 22.8 Å². The summed E-state index contributed by atoms with van der Waals surface area (Å²) in [5, 5.41) is 7.54. The molecule has 0 aliphatic rings. The number of amides is 2. The summed E-state index contributed by atoms with van der Waals surface area (Å²) in [4.78, 5) is 27.8. The van der Waals surface area contributed by atoms with Gasteiger partial charge in [-0.3, -0.25) is 9.59 Å². The van der Waals surface area contributed by atoms with Crippen molar-refractivity contribution in [2.75, 3.05) is 25.5 Å². The van der Waals surface area contributed by atoms with Crippen LogP contribution < -0.4 is 10.1 Å². The molecule has 3 aromatic carbocycles. The van der Waals surface area contributed by atoms with Crippen LogP contribution in [0.1, 0.15) is 29.8 Å². The fourth-order valence-corrected chi connectivity index (χ4v) is 4.14. The number of methoxy groups -OCH3 is 1. The molecular formula is C30H29F3N4O3. The first kappa shape index (κ1) is 28.4. The minimum Gasteiger partial charge on any atom is -0.497 e. The molecule has 0 unspecified atom stereocenters. The van der Waals surface area contributed by atoms with E-state index >= 15 is 0 Å². The summed E-state index contributed by atoms with van der Waals surface area (Å²) < 4.78 is 45.7. The molecule has 1 heterocycles. The lowest BCUT2D eigenvalue weighted by Gasteiger charge is -2.24. The standard InChI is InChI=1S/C30H29F3N4O3/c1-20(2)18-36(29(39)22-9-11-23(12-10-22)30(31,32)33)19-28(38)34-27-17-26(21-7-5-4-6-8-21)35-37(27)24-13-15-25(40-3)16-14-24/h4-17,20H,18-19H2,1-3H3,(H,34,38). The van der Waals surface area contributed by atoms with Crippen LogP contribution in [0.2, 0.25) is 0 Å². The maximum Gasteiger partial charge on any atom is 0.416 e. The van der Waals surface area contributed by atoms with Crippen LogP contribution in [0.3, 0.4) is 0 Å². The maximum absolute atomic E-state index is 13.2. The van der Waals surface area contributed by atoms with Gasteiger partial charge in [0.1, 0.15) is 18.1 Å². The number of nitrogens with one attached hydrogen (secondary N) is 1. The molecule has 0 saturated carbocycles. The Bertz CT molecular complexity index is 1450. The smallest absolute Gasteiger partial charge is 0.416 e. The Labute approximate surface area is 230 Å². The van der Waals surface area contributed by atoms with Gasteiger partial charge in [-0.25, -0.2) is 4.68 Å². The highest BCUT2D eigenvalue weighted by atomic mass is 19.4. The molecule has 0 radical (unpaired) electrons. The van der Waals surface area contributed by atoms with Gasteiger partial charge in [-0.15, -0.1) is 0 Å². The summed E-state index contributed by atoms with van der Waals surface area (Å²) >= 11 is 0. The van der Waals surface area contributed by atoms with Crippen molar-refractivity contribution >= 4 is 17.6 Å². The minimum atomic E-state index is -4.51. The van der Waals surface area contributed by atoms with Crippen molar-refractivity contribution in [3.63, 3.8) is 0 Å². The van der Waals surface area contributed by atoms with Crippen molar-refractivity contribution in [2.45, 2.75) is 20.0 Å². The predicted molar refractivity (Wildman–Crippen MR) is 146 cm³/mol. The molecule has 0 atom stereocenters. The second-order valence-corrected chi connectivity index (χ2v) is 9.59. The number of rotatable bonds is 9. The summed E-state index contributed by atoms with van der Waals surface area (Å²) in [5.74, 6) is 0.0541. The molecule has 0 spiro atoms. The number of carbonyl (C=O) groups is 2. The first-order valence-corrected chi connectivity index (χ1v) is 12.6. The predicted octanol–water partition coefficient (Wildman–Crippen LogP) is 6.30. The first-order valence-electron chi connectivity index (χ1n) is 12.6. The van der Waals surface area contributed by atoms with Crippen LogP contribution in [0.4, 0.5) is 19.0 Å². The number of carbonyl (C=O) groups excluding carboxylic acids is 2. The molecule has 4 rings (SSSR count). The number of alkyl halides is 3. The van der Waals surface area contributed by atoms with E-state index in [0.717, 1.165) is 29.8 Å². The highest BCUT2D eigenvalue weighted by Crippen LogP contribution is 2.29. The van der Waals surface area contributed by atoms with Crippen molar-refractivity contribution in [3.8, 4) is 22.7 Å². The lowest BCUT2D eigenvalue weighted by atomic mass is 10.1. The van der Waals surface area contributed by atoms with Crippen LogP contribution in [0.25, 0.3) is 16.9 Å². The van der Waals surface area contributed by atoms with Gasteiger partial charge in [0.25, 0.3) is 5.91 Å². The maximum atomic E-state index is 13.2. The van der Waals surface area contributed by atoms with Gasteiger partial charge in [-0.1, -0.05) is 44.2 Å².